The van der Waals surface area contributed by atoms with Crippen LogP contribution < -0.4 is 19.9 Å². The molecule has 1 saturated heterocycles. The van der Waals surface area contributed by atoms with Crippen LogP contribution in [-0.2, 0) is 44.2 Å². The van der Waals surface area contributed by atoms with E-state index in [4.69, 9.17) is 18.9 Å². The zero-order valence-electron chi connectivity index (χ0n) is 36.9. The molecular formula is C45H47N9O10S2. The Bertz CT molecular complexity index is 3130. The summed E-state index contributed by atoms with van der Waals surface area (Å²) in [5.41, 5.74) is 1.20. The Kier molecular flexibility index (Phi) is 12.4. The van der Waals surface area contributed by atoms with E-state index in [-0.39, 0.29) is 60.8 Å². The highest BCUT2D eigenvalue weighted by atomic mass is 32.2. The van der Waals surface area contributed by atoms with E-state index in [1.165, 1.54) is 52.7 Å². The molecule has 1 aliphatic rings. The number of imidazole rings is 1. The molecule has 4 heterocycles. The molecule has 0 saturated carbocycles. The number of fused-ring (bicyclic) bond motifs is 1. The summed E-state index contributed by atoms with van der Waals surface area (Å²) < 4.78 is 85.1. The van der Waals surface area contributed by atoms with Crippen LogP contribution in [0.5, 0.6) is 17.2 Å². The Morgan fingerprint density at radius 2 is 1.32 bits per heavy atom. The van der Waals surface area contributed by atoms with Crippen LogP contribution in [0.25, 0.3) is 33.5 Å². The first-order valence-corrected chi connectivity index (χ1v) is 23.6. The number of carbonyl (C=O) groups excluding carboxylic acids is 1. The highest BCUT2D eigenvalue weighted by molar-refractivity contribution is 7.94. The molecule has 7 aromatic rings. The van der Waals surface area contributed by atoms with Gasteiger partial charge in [-0.3, -0.25) is 4.98 Å². The zero-order chi connectivity index (χ0) is 47.0. The number of likely N-dealkylation sites (tertiary alicyclic amines) is 1. The first-order chi connectivity index (χ1) is 31.5. The van der Waals surface area contributed by atoms with E-state index >= 15 is 16.8 Å². The average Bonchev–Trinajstić information content (AvgIpc) is 3.90. The smallest absolute Gasteiger partial charge is 0.410 e. The van der Waals surface area contributed by atoms with Gasteiger partial charge in [-0.05, 0) is 90.7 Å². The monoisotopic (exact) mass is 937 g/mol. The lowest BCUT2D eigenvalue weighted by atomic mass is 9.99. The molecule has 0 unspecified atom stereocenters. The zero-order valence-corrected chi connectivity index (χ0v) is 38.5. The number of sulfone groups is 1. The number of sulfonamides is 1. The molecular weight excluding hydrogens is 891 g/mol. The van der Waals surface area contributed by atoms with Crippen LogP contribution in [0.2, 0.25) is 0 Å². The molecule has 344 valence electrons. The lowest BCUT2D eigenvalue weighted by Crippen LogP contribution is -2.57. The van der Waals surface area contributed by atoms with Crippen LogP contribution in [0.4, 0.5) is 4.79 Å². The molecule has 1 aliphatic heterocycles. The third-order valence-electron chi connectivity index (χ3n) is 10.9. The molecule has 19 nitrogen and oxygen atoms in total. The molecule has 1 amide bonds. The van der Waals surface area contributed by atoms with Gasteiger partial charge in [0.15, 0.2) is 9.84 Å². The van der Waals surface area contributed by atoms with Crippen LogP contribution in [0, 0.1) is 0 Å². The summed E-state index contributed by atoms with van der Waals surface area (Å²) in [6.45, 7) is 4.21. The summed E-state index contributed by atoms with van der Waals surface area (Å²) in [6.07, 6.45) is 2.14. The predicted molar refractivity (Wildman–Crippen MR) is 242 cm³/mol. The van der Waals surface area contributed by atoms with Gasteiger partial charge in [0.05, 0.1) is 55.6 Å². The van der Waals surface area contributed by atoms with Crippen LogP contribution in [0.3, 0.4) is 0 Å². The number of ether oxygens (including phenoxy) is 4. The van der Waals surface area contributed by atoms with Crippen molar-refractivity contribution in [2.45, 2.75) is 61.0 Å². The largest absolute Gasteiger partial charge is 0.497 e. The van der Waals surface area contributed by atoms with Crippen molar-refractivity contribution < 1.29 is 40.6 Å². The maximum absolute atomic E-state index is 16.1. The first kappa shape index (κ1) is 45.5. The van der Waals surface area contributed by atoms with Crippen LogP contribution in [0.1, 0.15) is 37.5 Å². The van der Waals surface area contributed by atoms with Crippen molar-refractivity contribution in [2.24, 2.45) is 0 Å². The van der Waals surface area contributed by atoms with E-state index in [2.05, 4.69) is 30.4 Å². The predicted octanol–water partition coefficient (Wildman–Crippen LogP) is 5.43. The summed E-state index contributed by atoms with van der Waals surface area (Å²) in [5, 5.41) is 12.2. The second kappa shape index (κ2) is 18.1. The molecule has 0 aliphatic carbocycles. The molecule has 3 aromatic heterocycles. The van der Waals surface area contributed by atoms with Gasteiger partial charge >= 0.3 is 11.8 Å². The van der Waals surface area contributed by atoms with Crippen molar-refractivity contribution in [1.82, 2.24) is 44.4 Å². The summed E-state index contributed by atoms with van der Waals surface area (Å²) in [7, 11) is -5.00. The third kappa shape index (κ3) is 9.35. The molecule has 0 atom stereocenters. The number of pyridine rings is 1. The van der Waals surface area contributed by atoms with Gasteiger partial charge in [-0.15, -0.1) is 10.2 Å². The quantitative estimate of drug-likeness (QED) is 0.131. The SMILES string of the molecule is COc1ccc(CN(Cc2ccc(OC)cc2)S(=O)(=O)c2c(S(=O)(=O)C3CN(C(=O)OC(C)(C)C)C3)ccc(-c3cncc4[nH]c(=O)[nH]c34)c2-c2nnn(Cc3ccc(OC)cc3)n2)cc1. The van der Waals surface area contributed by atoms with E-state index in [1.807, 2.05) is 0 Å². The van der Waals surface area contributed by atoms with E-state index < -0.39 is 52.3 Å². The number of tetrazole rings is 1. The van der Waals surface area contributed by atoms with Crippen molar-refractivity contribution >= 4 is 37.0 Å². The average molecular weight is 938 g/mol. The summed E-state index contributed by atoms with van der Waals surface area (Å²) >= 11 is 0. The highest BCUT2D eigenvalue weighted by Crippen LogP contribution is 2.44. The molecule has 66 heavy (non-hydrogen) atoms. The number of amides is 1. The van der Waals surface area contributed by atoms with Crippen molar-refractivity contribution in [2.75, 3.05) is 34.4 Å². The number of benzene rings is 4. The van der Waals surface area contributed by atoms with Crippen molar-refractivity contribution in [1.29, 1.82) is 0 Å². The normalized spacial score (nSPS) is 13.5. The Morgan fingerprint density at radius 3 is 1.86 bits per heavy atom. The van der Waals surface area contributed by atoms with Crippen LogP contribution >= 0.6 is 0 Å². The minimum absolute atomic E-state index is 0.0955. The molecule has 21 heteroatoms. The Morgan fingerprint density at radius 1 is 0.758 bits per heavy atom. The number of aromatic amines is 2. The number of nitrogens with one attached hydrogen (secondary N) is 2. The number of hydrogen-bond donors (Lipinski definition) is 2. The molecule has 2 N–H and O–H groups in total. The van der Waals surface area contributed by atoms with Gasteiger partial charge in [0.1, 0.15) is 33.0 Å². The van der Waals surface area contributed by atoms with Gasteiger partial charge in [-0.2, -0.15) is 9.10 Å². The van der Waals surface area contributed by atoms with Gasteiger partial charge in [0.25, 0.3) is 0 Å². The second-order valence-corrected chi connectivity index (χ2v) is 20.6. The van der Waals surface area contributed by atoms with Crippen LogP contribution in [0.15, 0.2) is 112 Å². The van der Waals surface area contributed by atoms with Crippen molar-refractivity contribution in [3.8, 4) is 39.8 Å². The Hall–Kier alpha value is -7.10. The minimum atomic E-state index is -4.97. The summed E-state index contributed by atoms with van der Waals surface area (Å²) in [5.74, 6) is 1.48. The fraction of sp³-hybridized carbons (Fsp3) is 0.289. The molecule has 0 spiro atoms. The number of nitrogens with zero attached hydrogens (tertiary/aromatic N) is 7. The van der Waals surface area contributed by atoms with Gasteiger partial charge in [0, 0.05) is 37.9 Å². The lowest BCUT2D eigenvalue weighted by molar-refractivity contribution is 0.0139. The molecule has 1 fully saturated rings. The lowest BCUT2D eigenvalue weighted by Gasteiger charge is -2.39. The minimum Gasteiger partial charge on any atom is -0.497 e. The van der Waals surface area contributed by atoms with Crippen molar-refractivity contribution in [3.05, 3.63) is 124 Å². The maximum atomic E-state index is 16.1. The number of aromatic nitrogens is 7. The van der Waals surface area contributed by atoms with Gasteiger partial charge in [0.2, 0.25) is 15.8 Å². The molecule has 0 radical (unpaired) electrons. The first-order valence-electron chi connectivity index (χ1n) is 20.6. The number of H-pyrrole nitrogens is 2. The Balaban J connectivity index is 1.37. The molecule has 0 bridgehead atoms. The maximum Gasteiger partial charge on any atom is 0.410 e. The van der Waals surface area contributed by atoms with E-state index in [1.54, 1.807) is 101 Å². The van der Waals surface area contributed by atoms with E-state index in [0.717, 1.165) is 5.56 Å². The van der Waals surface area contributed by atoms with Gasteiger partial charge < -0.3 is 33.8 Å². The summed E-state index contributed by atoms with van der Waals surface area (Å²) in [4.78, 5) is 36.8. The Labute approximate surface area is 380 Å². The number of hydrogen-bond acceptors (Lipinski definition) is 14. The number of rotatable bonds is 15. The fourth-order valence-electron chi connectivity index (χ4n) is 7.47. The fourth-order valence-corrected chi connectivity index (χ4v) is 11.5. The summed E-state index contributed by atoms with van der Waals surface area (Å²) in [6, 6.07) is 23.4. The number of carbonyl (C=O) groups is 1. The molecule has 4 aromatic carbocycles. The van der Waals surface area contributed by atoms with E-state index in [9.17, 15) is 9.59 Å². The van der Waals surface area contributed by atoms with Crippen LogP contribution in [-0.4, -0.2) is 113 Å². The van der Waals surface area contributed by atoms with Gasteiger partial charge in [-0.25, -0.2) is 26.4 Å². The second-order valence-electron chi connectivity index (χ2n) is 16.5. The third-order valence-corrected chi connectivity index (χ3v) is 15.0. The highest BCUT2D eigenvalue weighted by Gasteiger charge is 2.46. The van der Waals surface area contributed by atoms with Gasteiger partial charge in [-0.1, -0.05) is 42.5 Å². The number of methoxy groups -OCH3 is 3. The van der Waals surface area contributed by atoms with Crippen molar-refractivity contribution in [3.63, 3.8) is 0 Å². The standard InChI is InChI=1S/C45H47N9O10S2/c1-45(2,3)64-44(56)52-26-34(27-52)65(57,58)38-20-19-35(36-21-46-22-37-40(36)48-43(55)47-37)39(42-49-51-54(50-42)25-30-11-17-33(63-6)18-12-30)41(38)66(59,60)53(23-28-7-13-31(61-4)14-8-28)24-29-9-15-32(62-5)16-10-29/h7-22,34H,23-27H2,1-6H3,(H2,47,48,55). The topological polar surface area (TPSA) is 234 Å². The van der Waals surface area contributed by atoms with E-state index in [0.29, 0.717) is 33.9 Å². The molecule has 8 rings (SSSR count).